The van der Waals surface area contributed by atoms with Crippen molar-refractivity contribution in [2.45, 2.75) is 31.5 Å². The number of para-hydroxylation sites is 1. The molecule has 0 saturated carbocycles. The maximum atomic E-state index is 13.8. The molecule has 1 fully saturated rings. The van der Waals surface area contributed by atoms with Gasteiger partial charge < -0.3 is 20.1 Å². The molecule has 2 atom stereocenters. The first-order valence-corrected chi connectivity index (χ1v) is 12.5. The summed E-state index contributed by atoms with van der Waals surface area (Å²) in [5.74, 6) is -0.0577. The van der Waals surface area contributed by atoms with Gasteiger partial charge in [-0.3, -0.25) is 9.59 Å². The third-order valence-corrected chi connectivity index (χ3v) is 7.00. The van der Waals surface area contributed by atoms with E-state index in [2.05, 4.69) is 16.4 Å². The van der Waals surface area contributed by atoms with Crippen molar-refractivity contribution in [1.29, 1.82) is 0 Å². The van der Waals surface area contributed by atoms with Crippen molar-refractivity contribution >= 4 is 22.7 Å². The molecule has 6 heteroatoms. The molecule has 0 spiro atoms. The number of nitrogens with one attached hydrogen (secondary N) is 2. The van der Waals surface area contributed by atoms with Crippen LogP contribution in [0.1, 0.15) is 16.7 Å². The van der Waals surface area contributed by atoms with E-state index in [9.17, 15) is 9.59 Å². The van der Waals surface area contributed by atoms with Crippen LogP contribution in [-0.2, 0) is 29.0 Å². The summed E-state index contributed by atoms with van der Waals surface area (Å²) < 4.78 is 0. The highest BCUT2D eigenvalue weighted by Gasteiger charge is 2.37. The number of H-pyrrole nitrogens is 1. The van der Waals surface area contributed by atoms with Crippen molar-refractivity contribution in [3.05, 3.63) is 108 Å². The molecule has 5 rings (SSSR count). The predicted molar refractivity (Wildman–Crippen MR) is 142 cm³/mol. The van der Waals surface area contributed by atoms with Crippen LogP contribution >= 0.6 is 0 Å². The molecule has 2 N–H and O–H groups in total. The Kier molecular flexibility index (Phi) is 7.14. The number of hydrogen-bond donors (Lipinski definition) is 2. The maximum Gasteiger partial charge on any atom is 0.245 e. The monoisotopic (exact) mass is 480 g/mol. The van der Waals surface area contributed by atoms with Gasteiger partial charge in [-0.05, 0) is 29.2 Å². The molecular formula is C30H32N4O2. The zero-order valence-electron chi connectivity index (χ0n) is 20.6. The fourth-order valence-electron chi connectivity index (χ4n) is 5.10. The van der Waals surface area contributed by atoms with E-state index in [0.717, 1.165) is 27.6 Å². The van der Waals surface area contributed by atoms with E-state index in [-0.39, 0.29) is 17.9 Å². The summed E-state index contributed by atoms with van der Waals surface area (Å²) in [6.07, 6.45) is 3.05. The maximum absolute atomic E-state index is 13.8. The molecule has 4 aromatic rings. The molecule has 2 amide bonds. The topological polar surface area (TPSA) is 68.4 Å². The molecule has 0 unspecified atom stereocenters. The number of likely N-dealkylation sites (N-methyl/N-ethyl adjacent to an activating group) is 1. The van der Waals surface area contributed by atoms with E-state index in [1.807, 2.05) is 92.1 Å². The molecule has 36 heavy (non-hydrogen) atoms. The average molecular weight is 481 g/mol. The van der Waals surface area contributed by atoms with Crippen LogP contribution in [0.4, 0.5) is 0 Å². The number of carbonyl (C=O) groups is 2. The number of fused-ring (bicyclic) bond motifs is 1. The van der Waals surface area contributed by atoms with Gasteiger partial charge in [0, 0.05) is 50.2 Å². The third-order valence-electron chi connectivity index (χ3n) is 7.00. The number of benzene rings is 3. The van der Waals surface area contributed by atoms with Crippen molar-refractivity contribution in [3.8, 4) is 0 Å². The van der Waals surface area contributed by atoms with Crippen LogP contribution in [0.15, 0.2) is 91.1 Å². The summed E-state index contributed by atoms with van der Waals surface area (Å²) in [5.41, 5.74) is 4.27. The van der Waals surface area contributed by atoms with E-state index < -0.39 is 6.04 Å². The molecule has 184 valence electrons. The minimum absolute atomic E-state index is 0.0195. The van der Waals surface area contributed by atoms with Gasteiger partial charge in [-0.1, -0.05) is 78.9 Å². The lowest BCUT2D eigenvalue weighted by atomic mass is 9.98. The van der Waals surface area contributed by atoms with Gasteiger partial charge in [0.15, 0.2) is 0 Å². The number of piperazine rings is 1. The molecular weight excluding hydrogens is 448 g/mol. The molecule has 1 aliphatic rings. The Morgan fingerprint density at radius 1 is 0.972 bits per heavy atom. The average Bonchev–Trinajstić information content (AvgIpc) is 3.32. The van der Waals surface area contributed by atoms with Crippen molar-refractivity contribution in [2.75, 3.05) is 20.1 Å². The lowest BCUT2D eigenvalue weighted by Gasteiger charge is -2.39. The van der Waals surface area contributed by atoms with E-state index in [0.29, 0.717) is 32.5 Å². The molecule has 3 aromatic carbocycles. The molecule has 0 radical (unpaired) electrons. The highest BCUT2D eigenvalue weighted by Crippen LogP contribution is 2.22. The first kappa shape index (κ1) is 23.8. The van der Waals surface area contributed by atoms with Gasteiger partial charge in [-0.15, -0.1) is 0 Å². The van der Waals surface area contributed by atoms with E-state index in [1.54, 1.807) is 9.80 Å². The third kappa shape index (κ3) is 5.19. The summed E-state index contributed by atoms with van der Waals surface area (Å²) in [5, 5.41) is 4.53. The first-order chi connectivity index (χ1) is 17.6. The fraction of sp³-hybridized carbons (Fsp3) is 0.267. The molecule has 6 nitrogen and oxygen atoms in total. The number of carbonyl (C=O) groups excluding carboxylic acids is 2. The van der Waals surface area contributed by atoms with Crippen LogP contribution in [0.25, 0.3) is 10.9 Å². The Balaban J connectivity index is 1.38. The molecule has 0 aliphatic carbocycles. The summed E-state index contributed by atoms with van der Waals surface area (Å²) in [6.45, 7) is 1.66. The number of nitrogens with zero attached hydrogens (tertiary/aromatic N) is 2. The van der Waals surface area contributed by atoms with E-state index in [1.165, 1.54) is 0 Å². The van der Waals surface area contributed by atoms with Crippen molar-refractivity contribution in [2.24, 2.45) is 0 Å². The van der Waals surface area contributed by atoms with Gasteiger partial charge in [-0.2, -0.15) is 0 Å². The Morgan fingerprint density at radius 2 is 1.64 bits per heavy atom. The highest BCUT2D eigenvalue weighted by molar-refractivity contribution is 5.91. The van der Waals surface area contributed by atoms with E-state index >= 15 is 0 Å². The van der Waals surface area contributed by atoms with Gasteiger partial charge in [0.1, 0.15) is 6.04 Å². The normalized spacial score (nSPS) is 16.8. The quantitative estimate of drug-likeness (QED) is 0.403. The smallest absolute Gasteiger partial charge is 0.245 e. The largest absolute Gasteiger partial charge is 0.361 e. The van der Waals surface area contributed by atoms with Gasteiger partial charge >= 0.3 is 0 Å². The minimum Gasteiger partial charge on any atom is -0.361 e. The standard InChI is InChI=1S/C30H32N4O2/c1-33(21-23-12-6-3-7-13-23)30(36)28(18-22-10-4-2-5-11-22)34-17-16-31-27(29(34)35)19-24-20-32-26-15-9-8-14-25(24)26/h2-15,20,27-28,31-32H,16-19,21H2,1H3/t27-,28-/m0/s1. The fourth-order valence-corrected chi connectivity index (χ4v) is 5.10. The van der Waals surface area contributed by atoms with Gasteiger partial charge in [0.05, 0.1) is 6.04 Å². The summed E-state index contributed by atoms with van der Waals surface area (Å²) in [7, 11) is 1.82. The van der Waals surface area contributed by atoms with E-state index in [4.69, 9.17) is 0 Å². The van der Waals surface area contributed by atoms with Crippen molar-refractivity contribution < 1.29 is 9.59 Å². The van der Waals surface area contributed by atoms with Gasteiger partial charge in [-0.25, -0.2) is 0 Å². The van der Waals surface area contributed by atoms with Crippen LogP contribution in [0.5, 0.6) is 0 Å². The summed E-state index contributed by atoms with van der Waals surface area (Å²) in [6, 6.07) is 27.1. The molecule has 1 aromatic heterocycles. The number of amides is 2. The first-order valence-electron chi connectivity index (χ1n) is 12.5. The summed E-state index contributed by atoms with van der Waals surface area (Å²) in [4.78, 5) is 34.4. The van der Waals surface area contributed by atoms with Gasteiger partial charge in [0.2, 0.25) is 11.8 Å². The SMILES string of the molecule is CN(Cc1ccccc1)C(=O)[C@H](Cc1ccccc1)N1CCN[C@@H](Cc2c[nH]c3ccccc23)C1=O. The Morgan fingerprint density at radius 3 is 2.39 bits per heavy atom. The predicted octanol–water partition coefficient (Wildman–Crippen LogP) is 3.78. The molecule has 2 heterocycles. The molecule has 1 aliphatic heterocycles. The number of rotatable bonds is 8. The van der Waals surface area contributed by atoms with Crippen molar-refractivity contribution in [3.63, 3.8) is 0 Å². The van der Waals surface area contributed by atoms with Crippen LogP contribution in [0.3, 0.4) is 0 Å². The Hall–Kier alpha value is -3.90. The molecule has 0 bridgehead atoms. The number of aromatic nitrogens is 1. The summed E-state index contributed by atoms with van der Waals surface area (Å²) >= 11 is 0. The second-order valence-electron chi connectivity index (χ2n) is 9.49. The lowest BCUT2D eigenvalue weighted by molar-refractivity contribution is -0.148. The number of hydrogen-bond acceptors (Lipinski definition) is 3. The van der Waals surface area contributed by atoms with Crippen molar-refractivity contribution in [1.82, 2.24) is 20.1 Å². The highest BCUT2D eigenvalue weighted by atomic mass is 16.2. The zero-order valence-corrected chi connectivity index (χ0v) is 20.6. The minimum atomic E-state index is -0.554. The second-order valence-corrected chi connectivity index (χ2v) is 9.49. The Labute approximate surface area is 211 Å². The second kappa shape index (κ2) is 10.8. The lowest BCUT2D eigenvalue weighted by Crippen LogP contribution is -2.62. The van der Waals surface area contributed by atoms with Crippen LogP contribution in [-0.4, -0.2) is 58.8 Å². The number of aromatic amines is 1. The molecule has 1 saturated heterocycles. The zero-order chi connectivity index (χ0) is 24.9. The van der Waals surface area contributed by atoms with Crippen LogP contribution < -0.4 is 5.32 Å². The van der Waals surface area contributed by atoms with Crippen LogP contribution in [0, 0.1) is 0 Å². The van der Waals surface area contributed by atoms with Gasteiger partial charge in [0.25, 0.3) is 0 Å². The van der Waals surface area contributed by atoms with Crippen LogP contribution in [0.2, 0.25) is 0 Å². The Bertz CT molecular complexity index is 1320.